The molecule has 29 heavy (non-hydrogen) atoms. The normalized spacial score (nSPS) is 16.6. The second-order valence-electron chi connectivity index (χ2n) is 7.02. The van der Waals surface area contributed by atoms with Crippen LogP contribution in [0.4, 0.5) is 9.59 Å². The molecule has 2 aliphatic heterocycles. The highest BCUT2D eigenvalue weighted by molar-refractivity contribution is 6.21. The number of carbonyl (C=O) groups is 4. The maximum absolute atomic E-state index is 12.3. The first-order chi connectivity index (χ1) is 14.0. The number of urea groups is 1. The fourth-order valence-electron chi connectivity index (χ4n) is 3.54. The summed E-state index contributed by atoms with van der Waals surface area (Å²) >= 11 is 0. The number of hydrogen-bond donors (Lipinski definition) is 2. The van der Waals surface area contributed by atoms with Crippen molar-refractivity contribution in [3.05, 3.63) is 35.4 Å². The molecule has 9 heteroatoms. The predicted molar refractivity (Wildman–Crippen MR) is 105 cm³/mol. The molecule has 0 bridgehead atoms. The molecule has 156 valence electrons. The Balaban J connectivity index is 1.34. The van der Waals surface area contributed by atoms with Gasteiger partial charge in [0, 0.05) is 32.2 Å². The molecule has 1 aromatic rings. The monoisotopic (exact) mass is 402 g/mol. The maximum atomic E-state index is 12.3. The third-order valence-electron chi connectivity index (χ3n) is 5.08. The number of rotatable bonds is 6. The molecule has 0 saturated carbocycles. The van der Waals surface area contributed by atoms with Gasteiger partial charge in [0.05, 0.1) is 17.7 Å². The minimum Gasteiger partial charge on any atom is -0.450 e. The lowest BCUT2D eigenvalue weighted by Crippen LogP contribution is -2.49. The molecule has 0 aromatic heterocycles. The van der Waals surface area contributed by atoms with Crippen molar-refractivity contribution in [1.29, 1.82) is 0 Å². The zero-order valence-electron chi connectivity index (χ0n) is 16.5. The molecular formula is C20H26N4O5. The molecule has 1 saturated heterocycles. The van der Waals surface area contributed by atoms with E-state index in [1.54, 1.807) is 36.1 Å². The number of piperidine rings is 1. The summed E-state index contributed by atoms with van der Waals surface area (Å²) in [6.07, 6.45) is 1.49. The lowest BCUT2D eigenvalue weighted by molar-refractivity contribution is 0.0653. The lowest BCUT2D eigenvalue weighted by atomic mass is 10.1. The maximum Gasteiger partial charge on any atom is 0.409 e. The predicted octanol–water partition coefficient (Wildman–Crippen LogP) is 1.59. The summed E-state index contributed by atoms with van der Waals surface area (Å²) in [4.78, 5) is 51.2. The fraction of sp³-hybridized carbons (Fsp3) is 0.500. The summed E-state index contributed by atoms with van der Waals surface area (Å²) in [6, 6.07) is 6.47. The largest absolute Gasteiger partial charge is 0.450 e. The second kappa shape index (κ2) is 9.40. The summed E-state index contributed by atoms with van der Waals surface area (Å²) in [5.41, 5.74) is 0.856. The number of benzene rings is 1. The molecule has 0 radical (unpaired) electrons. The SMILES string of the molecule is CCOC(=O)N1CCC(NC(=O)NCCCN2C(=O)c3ccccc3C2=O)CC1. The van der Waals surface area contributed by atoms with Crippen molar-refractivity contribution in [1.82, 2.24) is 20.4 Å². The first kappa shape index (κ1) is 20.6. The van der Waals surface area contributed by atoms with Crippen molar-refractivity contribution >= 4 is 23.9 Å². The number of carbonyl (C=O) groups excluding carboxylic acids is 4. The molecule has 2 heterocycles. The summed E-state index contributed by atoms with van der Waals surface area (Å²) in [5.74, 6) is -0.577. The quantitative estimate of drug-likeness (QED) is 0.555. The Morgan fingerprint density at radius 2 is 1.72 bits per heavy atom. The number of imide groups is 1. The Hall–Kier alpha value is -3.10. The Morgan fingerprint density at radius 3 is 2.31 bits per heavy atom. The van der Waals surface area contributed by atoms with E-state index in [0.29, 0.717) is 56.6 Å². The number of amides is 5. The number of ether oxygens (including phenoxy) is 1. The van der Waals surface area contributed by atoms with Gasteiger partial charge >= 0.3 is 12.1 Å². The second-order valence-corrected chi connectivity index (χ2v) is 7.02. The smallest absolute Gasteiger partial charge is 0.409 e. The van der Waals surface area contributed by atoms with Crippen LogP contribution in [0.2, 0.25) is 0 Å². The Kier molecular flexibility index (Phi) is 6.69. The molecule has 0 unspecified atom stereocenters. The number of hydrogen-bond acceptors (Lipinski definition) is 5. The van der Waals surface area contributed by atoms with E-state index < -0.39 is 0 Å². The van der Waals surface area contributed by atoms with Crippen molar-refractivity contribution in [2.45, 2.75) is 32.2 Å². The van der Waals surface area contributed by atoms with Crippen LogP contribution in [-0.4, -0.2) is 72.6 Å². The minimum absolute atomic E-state index is 0.00286. The van der Waals surface area contributed by atoms with Gasteiger partial charge in [0.25, 0.3) is 11.8 Å². The molecule has 5 amide bonds. The van der Waals surface area contributed by atoms with Gasteiger partial charge in [-0.05, 0) is 38.3 Å². The molecule has 1 aromatic carbocycles. The van der Waals surface area contributed by atoms with Crippen LogP contribution in [0.1, 0.15) is 46.9 Å². The minimum atomic E-state index is -0.316. The van der Waals surface area contributed by atoms with Gasteiger partial charge in [0.15, 0.2) is 0 Å². The molecule has 0 spiro atoms. The third-order valence-corrected chi connectivity index (χ3v) is 5.08. The van der Waals surface area contributed by atoms with Crippen LogP contribution in [0.15, 0.2) is 24.3 Å². The van der Waals surface area contributed by atoms with Crippen LogP contribution in [-0.2, 0) is 4.74 Å². The van der Waals surface area contributed by atoms with Gasteiger partial charge in [-0.25, -0.2) is 9.59 Å². The summed E-state index contributed by atoms with van der Waals surface area (Å²) < 4.78 is 4.98. The zero-order chi connectivity index (χ0) is 20.8. The Morgan fingerprint density at radius 1 is 1.10 bits per heavy atom. The van der Waals surface area contributed by atoms with Crippen molar-refractivity contribution < 1.29 is 23.9 Å². The zero-order valence-corrected chi connectivity index (χ0v) is 16.5. The molecule has 2 aliphatic rings. The highest BCUT2D eigenvalue weighted by Crippen LogP contribution is 2.22. The molecule has 1 fully saturated rings. The van der Waals surface area contributed by atoms with E-state index in [4.69, 9.17) is 4.74 Å². The van der Waals surface area contributed by atoms with Crippen LogP contribution in [0.3, 0.4) is 0 Å². The molecule has 0 atom stereocenters. The van der Waals surface area contributed by atoms with Crippen LogP contribution >= 0.6 is 0 Å². The van der Waals surface area contributed by atoms with Gasteiger partial charge in [0.2, 0.25) is 0 Å². The van der Waals surface area contributed by atoms with Gasteiger partial charge in [-0.1, -0.05) is 12.1 Å². The van der Waals surface area contributed by atoms with Crippen molar-refractivity contribution in [2.24, 2.45) is 0 Å². The number of nitrogens with one attached hydrogen (secondary N) is 2. The van der Waals surface area contributed by atoms with Crippen LogP contribution in [0.25, 0.3) is 0 Å². The average Bonchev–Trinajstić information content (AvgIpc) is 2.97. The first-order valence-electron chi connectivity index (χ1n) is 9.92. The van der Waals surface area contributed by atoms with Gasteiger partial charge in [-0.3, -0.25) is 14.5 Å². The van der Waals surface area contributed by atoms with E-state index in [9.17, 15) is 19.2 Å². The molecule has 9 nitrogen and oxygen atoms in total. The van der Waals surface area contributed by atoms with E-state index >= 15 is 0 Å². The molecule has 2 N–H and O–H groups in total. The highest BCUT2D eigenvalue weighted by Gasteiger charge is 2.34. The number of fused-ring (bicyclic) bond motifs is 1. The van der Waals surface area contributed by atoms with Crippen LogP contribution < -0.4 is 10.6 Å². The van der Waals surface area contributed by atoms with Gasteiger partial charge < -0.3 is 20.3 Å². The summed E-state index contributed by atoms with van der Waals surface area (Å²) in [7, 11) is 0. The van der Waals surface area contributed by atoms with Crippen molar-refractivity contribution in [3.8, 4) is 0 Å². The van der Waals surface area contributed by atoms with E-state index in [0.717, 1.165) is 0 Å². The van der Waals surface area contributed by atoms with E-state index in [1.165, 1.54) is 4.90 Å². The Bertz CT molecular complexity index is 754. The lowest BCUT2D eigenvalue weighted by Gasteiger charge is -2.31. The third kappa shape index (κ3) is 4.85. The van der Waals surface area contributed by atoms with E-state index in [2.05, 4.69) is 10.6 Å². The van der Waals surface area contributed by atoms with Crippen LogP contribution in [0.5, 0.6) is 0 Å². The summed E-state index contributed by atoms with van der Waals surface area (Å²) in [5, 5.41) is 5.65. The summed E-state index contributed by atoms with van der Waals surface area (Å²) in [6.45, 7) is 3.81. The van der Waals surface area contributed by atoms with Gasteiger partial charge in [0.1, 0.15) is 0 Å². The number of likely N-dealkylation sites (tertiary alicyclic amines) is 1. The fourth-order valence-corrected chi connectivity index (χ4v) is 3.54. The molecule has 0 aliphatic carbocycles. The van der Waals surface area contributed by atoms with Crippen molar-refractivity contribution in [3.63, 3.8) is 0 Å². The highest BCUT2D eigenvalue weighted by atomic mass is 16.6. The van der Waals surface area contributed by atoms with Crippen molar-refractivity contribution in [2.75, 3.05) is 32.8 Å². The van der Waals surface area contributed by atoms with E-state index in [-0.39, 0.29) is 36.5 Å². The Labute approximate surface area is 169 Å². The molecule has 3 rings (SSSR count). The molecular weight excluding hydrogens is 376 g/mol. The van der Waals surface area contributed by atoms with Gasteiger partial charge in [-0.15, -0.1) is 0 Å². The topological polar surface area (TPSA) is 108 Å². The van der Waals surface area contributed by atoms with Crippen LogP contribution in [0, 0.1) is 0 Å². The average molecular weight is 402 g/mol. The number of nitrogens with zero attached hydrogens (tertiary/aromatic N) is 2. The first-order valence-corrected chi connectivity index (χ1v) is 9.92. The standard InChI is InChI=1S/C20H26N4O5/c1-2-29-20(28)23-12-8-14(9-13-23)22-19(27)21-10-5-11-24-17(25)15-6-3-4-7-16(15)18(24)26/h3-4,6-7,14H,2,5,8-13H2,1H3,(H2,21,22,27). The van der Waals surface area contributed by atoms with E-state index in [1.807, 2.05) is 0 Å². The van der Waals surface area contributed by atoms with Gasteiger partial charge in [-0.2, -0.15) is 0 Å².